The van der Waals surface area contributed by atoms with E-state index in [-0.39, 0.29) is 6.17 Å². The van der Waals surface area contributed by atoms with Gasteiger partial charge in [-0.05, 0) is 92.2 Å². The van der Waals surface area contributed by atoms with E-state index in [0.29, 0.717) is 0 Å². The first-order valence-electron chi connectivity index (χ1n) is 15.1. The molecule has 1 N–H and O–H groups in total. The van der Waals surface area contributed by atoms with Crippen LogP contribution in [0.1, 0.15) is 11.7 Å². The van der Waals surface area contributed by atoms with Gasteiger partial charge < -0.3 is 14.6 Å². The Morgan fingerprint density at radius 2 is 1.18 bits per heavy atom. The molecule has 1 aliphatic carbocycles. The second kappa shape index (κ2) is 8.85. The number of anilines is 3. The first kappa shape index (κ1) is 23.7. The molecule has 3 heteroatoms. The summed E-state index contributed by atoms with van der Waals surface area (Å²) in [6, 6.07) is 52.4. The molecule has 0 bridgehead atoms. The predicted octanol–water partition coefficient (Wildman–Crippen LogP) is 11.3. The molecule has 206 valence electrons. The Morgan fingerprint density at radius 3 is 2.05 bits per heavy atom. The zero-order valence-corrected chi connectivity index (χ0v) is 23.8. The van der Waals surface area contributed by atoms with Gasteiger partial charge in [0.2, 0.25) is 0 Å². The minimum absolute atomic E-state index is 0.00236. The lowest BCUT2D eigenvalue weighted by Gasteiger charge is -2.27. The van der Waals surface area contributed by atoms with Crippen LogP contribution in [0.4, 0.5) is 17.1 Å². The highest BCUT2D eigenvalue weighted by atomic mass is 16.3. The minimum atomic E-state index is -0.00236. The van der Waals surface area contributed by atoms with Crippen LogP contribution in [0.15, 0.2) is 150 Å². The molecule has 2 aliphatic rings. The third-order valence-corrected chi connectivity index (χ3v) is 9.42. The van der Waals surface area contributed by atoms with Gasteiger partial charge in [-0.25, -0.2) is 0 Å². The number of nitrogens with one attached hydrogen (secondary N) is 1. The molecule has 3 nitrogen and oxygen atoms in total. The lowest BCUT2D eigenvalue weighted by Crippen LogP contribution is -2.23. The summed E-state index contributed by atoms with van der Waals surface area (Å²) >= 11 is 0. The van der Waals surface area contributed by atoms with Gasteiger partial charge in [0.25, 0.3) is 0 Å². The van der Waals surface area contributed by atoms with Gasteiger partial charge in [0.1, 0.15) is 17.3 Å². The smallest absolute Gasteiger partial charge is 0.135 e. The molecular formula is C41H26N2O. The summed E-state index contributed by atoms with van der Waals surface area (Å²) in [5.41, 5.74) is 14.2. The number of rotatable bonds is 3. The van der Waals surface area contributed by atoms with Gasteiger partial charge in [-0.3, -0.25) is 0 Å². The standard InChI is InChI=1S/C41H26N2O/c1-2-9-25(10-3-1)41-42-36-15-6-7-16-37(36)43(41)27-18-22-39-35(24-27)34-23-26(17-21-38(34)44-39)28-19-20-33-30-12-5-4-11-29(30)32-14-8-13-31(28)40(32)33/h1-24,41-42H. The van der Waals surface area contributed by atoms with E-state index >= 15 is 0 Å². The second-order valence-electron chi connectivity index (χ2n) is 11.8. The van der Waals surface area contributed by atoms with E-state index in [2.05, 4.69) is 156 Å². The molecule has 10 rings (SSSR count). The molecule has 1 unspecified atom stereocenters. The Bertz CT molecular complexity index is 2410. The quantitative estimate of drug-likeness (QED) is 0.232. The highest BCUT2D eigenvalue weighted by Gasteiger charge is 2.31. The zero-order chi connectivity index (χ0) is 28.8. The van der Waals surface area contributed by atoms with Crippen LogP contribution in [0, 0.1) is 0 Å². The van der Waals surface area contributed by atoms with Gasteiger partial charge >= 0.3 is 0 Å². The van der Waals surface area contributed by atoms with E-state index in [1.54, 1.807) is 0 Å². The van der Waals surface area contributed by atoms with E-state index in [9.17, 15) is 0 Å². The van der Waals surface area contributed by atoms with Crippen molar-refractivity contribution in [1.29, 1.82) is 0 Å². The molecule has 0 amide bonds. The van der Waals surface area contributed by atoms with E-state index in [1.165, 1.54) is 55.4 Å². The van der Waals surface area contributed by atoms with Crippen molar-refractivity contribution >= 4 is 49.8 Å². The van der Waals surface area contributed by atoms with Crippen LogP contribution in [-0.2, 0) is 0 Å². The molecule has 0 spiro atoms. The summed E-state index contributed by atoms with van der Waals surface area (Å²) < 4.78 is 6.39. The average molecular weight is 563 g/mol. The van der Waals surface area contributed by atoms with Gasteiger partial charge in [-0.1, -0.05) is 103 Å². The summed E-state index contributed by atoms with van der Waals surface area (Å²) in [6.45, 7) is 0. The number of benzene rings is 7. The lowest BCUT2D eigenvalue weighted by atomic mass is 9.93. The fourth-order valence-corrected chi connectivity index (χ4v) is 7.46. The highest BCUT2D eigenvalue weighted by Crippen LogP contribution is 2.50. The Kier molecular flexibility index (Phi) is 4.77. The first-order chi connectivity index (χ1) is 21.8. The topological polar surface area (TPSA) is 28.4 Å². The largest absolute Gasteiger partial charge is 0.456 e. The van der Waals surface area contributed by atoms with Crippen molar-refractivity contribution in [2.45, 2.75) is 6.17 Å². The third-order valence-electron chi connectivity index (χ3n) is 9.42. The molecular weight excluding hydrogens is 536 g/mol. The summed E-state index contributed by atoms with van der Waals surface area (Å²) in [5, 5.41) is 8.63. The minimum Gasteiger partial charge on any atom is -0.456 e. The predicted molar refractivity (Wildman–Crippen MR) is 182 cm³/mol. The number of fused-ring (bicyclic) bond motifs is 7. The molecule has 8 aromatic rings. The molecule has 0 radical (unpaired) electrons. The number of hydrogen-bond acceptors (Lipinski definition) is 3. The fourth-order valence-electron chi connectivity index (χ4n) is 7.46. The van der Waals surface area contributed by atoms with Gasteiger partial charge in [0, 0.05) is 16.5 Å². The van der Waals surface area contributed by atoms with E-state index in [0.717, 1.165) is 33.3 Å². The van der Waals surface area contributed by atoms with Gasteiger partial charge in [0.15, 0.2) is 0 Å². The molecule has 2 heterocycles. The second-order valence-corrected chi connectivity index (χ2v) is 11.8. The van der Waals surface area contributed by atoms with Crippen molar-refractivity contribution in [1.82, 2.24) is 0 Å². The van der Waals surface area contributed by atoms with Crippen molar-refractivity contribution in [3.05, 3.63) is 151 Å². The molecule has 1 atom stereocenters. The Morgan fingerprint density at radius 1 is 0.500 bits per heavy atom. The maximum atomic E-state index is 6.39. The number of para-hydroxylation sites is 2. The Hall–Kier alpha value is -5.80. The number of hydrogen-bond donors (Lipinski definition) is 1. The van der Waals surface area contributed by atoms with Crippen LogP contribution in [-0.4, -0.2) is 0 Å². The molecule has 0 saturated carbocycles. The van der Waals surface area contributed by atoms with Crippen LogP contribution in [0.3, 0.4) is 0 Å². The van der Waals surface area contributed by atoms with E-state index in [4.69, 9.17) is 4.42 Å². The van der Waals surface area contributed by atoms with E-state index in [1.807, 2.05) is 0 Å². The van der Waals surface area contributed by atoms with Crippen molar-refractivity contribution in [3.8, 4) is 33.4 Å². The van der Waals surface area contributed by atoms with E-state index < -0.39 is 0 Å². The number of nitrogens with zero attached hydrogens (tertiary/aromatic N) is 1. The van der Waals surface area contributed by atoms with Crippen LogP contribution in [0.5, 0.6) is 0 Å². The van der Waals surface area contributed by atoms with Crippen molar-refractivity contribution < 1.29 is 4.42 Å². The van der Waals surface area contributed by atoms with Crippen molar-refractivity contribution in [3.63, 3.8) is 0 Å². The maximum Gasteiger partial charge on any atom is 0.135 e. The third kappa shape index (κ3) is 3.27. The first-order valence-corrected chi connectivity index (χ1v) is 15.1. The van der Waals surface area contributed by atoms with Crippen LogP contribution >= 0.6 is 0 Å². The summed E-state index contributed by atoms with van der Waals surface area (Å²) in [4.78, 5) is 2.40. The molecule has 1 aromatic heterocycles. The van der Waals surface area contributed by atoms with Gasteiger partial charge in [-0.2, -0.15) is 0 Å². The Labute approximate surface area is 254 Å². The summed E-state index contributed by atoms with van der Waals surface area (Å²) in [6.07, 6.45) is -0.00236. The van der Waals surface area contributed by atoms with Crippen molar-refractivity contribution in [2.75, 3.05) is 10.2 Å². The van der Waals surface area contributed by atoms with Crippen LogP contribution in [0.25, 0.3) is 66.1 Å². The van der Waals surface area contributed by atoms with Crippen molar-refractivity contribution in [2.24, 2.45) is 0 Å². The lowest BCUT2D eigenvalue weighted by molar-refractivity contribution is 0.669. The fraction of sp³-hybridized carbons (Fsp3) is 0.0244. The monoisotopic (exact) mass is 562 g/mol. The number of furan rings is 1. The van der Waals surface area contributed by atoms with Crippen LogP contribution < -0.4 is 10.2 Å². The van der Waals surface area contributed by atoms with Gasteiger partial charge in [-0.15, -0.1) is 0 Å². The SMILES string of the molecule is c1ccc(C2Nc3ccccc3N2c2ccc3oc4ccc(-c5ccc6c7c(cccc57)-c5ccccc5-6)cc4c3c2)cc1. The molecule has 7 aromatic carbocycles. The molecule has 0 fully saturated rings. The normalized spacial score (nSPS) is 14.7. The average Bonchev–Trinajstić information content (AvgIpc) is 3.76. The van der Waals surface area contributed by atoms with Crippen LogP contribution in [0.2, 0.25) is 0 Å². The summed E-state index contributed by atoms with van der Waals surface area (Å²) in [5.74, 6) is 0. The highest BCUT2D eigenvalue weighted by molar-refractivity contribution is 6.19. The summed E-state index contributed by atoms with van der Waals surface area (Å²) in [7, 11) is 0. The molecule has 0 saturated heterocycles. The zero-order valence-electron chi connectivity index (χ0n) is 23.8. The van der Waals surface area contributed by atoms with Gasteiger partial charge in [0.05, 0.1) is 11.4 Å². The molecule has 44 heavy (non-hydrogen) atoms. The maximum absolute atomic E-state index is 6.39. The molecule has 1 aliphatic heterocycles. The Balaban J connectivity index is 1.14.